The van der Waals surface area contributed by atoms with E-state index in [1.807, 2.05) is 31.1 Å². The number of aromatic nitrogens is 1. The summed E-state index contributed by atoms with van der Waals surface area (Å²) in [7, 11) is 3.80. The number of rotatable bonds is 6. The van der Waals surface area contributed by atoms with Crippen LogP contribution in [0.3, 0.4) is 0 Å². The number of carbonyl (C=O) groups is 2. The summed E-state index contributed by atoms with van der Waals surface area (Å²) in [5, 5.41) is 10.7. The Hall–Kier alpha value is -3.75. The molecule has 0 saturated heterocycles. The van der Waals surface area contributed by atoms with Crippen LogP contribution in [0.4, 0.5) is 22.0 Å². The van der Waals surface area contributed by atoms with Crippen molar-refractivity contribution in [3.63, 3.8) is 0 Å². The van der Waals surface area contributed by atoms with Crippen molar-refractivity contribution in [2.45, 2.75) is 26.4 Å². The number of ether oxygens (including phenoxy) is 1. The van der Waals surface area contributed by atoms with Crippen molar-refractivity contribution in [1.82, 2.24) is 4.98 Å². The Morgan fingerprint density at radius 1 is 1.07 bits per heavy atom. The molecule has 0 atom stereocenters. The smallest absolute Gasteiger partial charge is 0.418 e. The number of ketones is 1. The third-order valence-corrected chi connectivity index (χ3v) is 3.83. The van der Waals surface area contributed by atoms with Crippen molar-refractivity contribution >= 4 is 29.1 Å². The highest BCUT2D eigenvalue weighted by Crippen LogP contribution is 2.22. The minimum absolute atomic E-state index is 0.156. The van der Waals surface area contributed by atoms with Crippen LogP contribution >= 0.6 is 0 Å². The maximum atomic E-state index is 12.7. The average molecular weight is 412 g/mol. The van der Waals surface area contributed by atoms with Gasteiger partial charge in [-0.05, 0) is 61.0 Å². The molecule has 0 aliphatic heterocycles. The zero-order valence-corrected chi connectivity index (χ0v) is 17.5. The van der Waals surface area contributed by atoms with E-state index < -0.39 is 22.4 Å². The molecule has 30 heavy (non-hydrogen) atoms. The van der Waals surface area contributed by atoms with Gasteiger partial charge in [0.05, 0.1) is 11.3 Å². The van der Waals surface area contributed by atoms with Gasteiger partial charge in [0, 0.05) is 38.1 Å². The number of nitrogens with zero attached hydrogens (tertiary/aromatic N) is 4. The van der Waals surface area contributed by atoms with Crippen molar-refractivity contribution in [2.75, 3.05) is 23.9 Å². The molecule has 0 aliphatic rings. The van der Waals surface area contributed by atoms with E-state index in [1.165, 1.54) is 23.2 Å². The number of hydrogen-bond acceptors (Lipinski definition) is 7. The van der Waals surface area contributed by atoms with Crippen LogP contribution in [0, 0.1) is 10.1 Å². The summed E-state index contributed by atoms with van der Waals surface area (Å²) in [6.45, 7) is 5.24. The van der Waals surface area contributed by atoms with Crippen LogP contribution in [0.5, 0.6) is 0 Å². The summed E-state index contributed by atoms with van der Waals surface area (Å²) in [5.74, 6) is -0.817. The van der Waals surface area contributed by atoms with E-state index >= 15 is 0 Å². The largest absolute Gasteiger partial charge is 0.443 e. The topological polar surface area (TPSA) is 106 Å². The first kappa shape index (κ1) is 22.5. The zero-order chi connectivity index (χ0) is 22.5. The fraction of sp³-hybridized carbons (Fsp3) is 0.286. The number of carbonyl (C=O) groups excluding carboxylic acids is 2. The summed E-state index contributed by atoms with van der Waals surface area (Å²) in [6, 6.07) is 9.60. The summed E-state index contributed by atoms with van der Waals surface area (Å²) in [6.07, 6.45) is 2.97. The number of allylic oxidation sites excluding steroid dienone is 1. The van der Waals surface area contributed by atoms with E-state index in [-0.39, 0.29) is 11.4 Å². The number of nitro groups is 1. The van der Waals surface area contributed by atoms with Gasteiger partial charge in [-0.25, -0.2) is 4.79 Å². The molecule has 0 saturated carbocycles. The molecule has 2 rings (SSSR count). The fourth-order valence-corrected chi connectivity index (χ4v) is 2.35. The lowest BCUT2D eigenvalue weighted by atomic mass is 10.2. The van der Waals surface area contributed by atoms with Gasteiger partial charge >= 0.3 is 11.9 Å². The second-order valence-corrected chi connectivity index (χ2v) is 7.60. The number of benzene rings is 1. The van der Waals surface area contributed by atoms with E-state index in [9.17, 15) is 19.7 Å². The van der Waals surface area contributed by atoms with Gasteiger partial charge in [-0.2, -0.15) is 0 Å². The molecule has 1 aromatic carbocycles. The van der Waals surface area contributed by atoms with Gasteiger partial charge in [0.2, 0.25) is 0 Å². The van der Waals surface area contributed by atoms with Crippen LogP contribution in [0.2, 0.25) is 0 Å². The molecular weight excluding hydrogens is 388 g/mol. The van der Waals surface area contributed by atoms with Gasteiger partial charge in [0.15, 0.2) is 12.0 Å². The number of pyridine rings is 1. The Kier molecular flexibility index (Phi) is 6.89. The zero-order valence-electron chi connectivity index (χ0n) is 17.5. The van der Waals surface area contributed by atoms with Crippen LogP contribution in [0.1, 0.15) is 31.1 Å². The van der Waals surface area contributed by atoms with Crippen molar-refractivity contribution < 1.29 is 19.2 Å². The minimum Gasteiger partial charge on any atom is -0.443 e. The third-order valence-electron chi connectivity index (χ3n) is 3.83. The lowest BCUT2D eigenvalue weighted by molar-refractivity contribution is -0.389. The van der Waals surface area contributed by atoms with Gasteiger partial charge < -0.3 is 19.8 Å². The number of amides is 1. The monoisotopic (exact) mass is 412 g/mol. The molecule has 0 spiro atoms. The van der Waals surface area contributed by atoms with Crippen molar-refractivity contribution in [2.24, 2.45) is 0 Å². The maximum absolute atomic E-state index is 12.7. The maximum Gasteiger partial charge on any atom is 0.418 e. The molecule has 1 heterocycles. The predicted octanol–water partition coefficient (Wildman–Crippen LogP) is 4.19. The summed E-state index contributed by atoms with van der Waals surface area (Å²) >= 11 is 0. The second-order valence-electron chi connectivity index (χ2n) is 7.60. The molecule has 158 valence electrons. The molecule has 0 N–H and O–H groups in total. The third kappa shape index (κ3) is 6.13. The predicted molar refractivity (Wildman–Crippen MR) is 114 cm³/mol. The van der Waals surface area contributed by atoms with Gasteiger partial charge in [0.1, 0.15) is 5.60 Å². The molecule has 0 fully saturated rings. The Morgan fingerprint density at radius 3 is 2.13 bits per heavy atom. The minimum atomic E-state index is -0.723. The van der Waals surface area contributed by atoms with E-state index in [0.717, 1.165) is 18.0 Å². The van der Waals surface area contributed by atoms with Crippen LogP contribution in [-0.4, -0.2) is 41.5 Å². The molecule has 1 aromatic heterocycles. The molecule has 9 heteroatoms. The van der Waals surface area contributed by atoms with Gasteiger partial charge in [-0.1, -0.05) is 0 Å². The normalized spacial score (nSPS) is 11.2. The van der Waals surface area contributed by atoms with Gasteiger partial charge in [0.25, 0.3) is 0 Å². The summed E-state index contributed by atoms with van der Waals surface area (Å²) in [4.78, 5) is 41.9. The molecule has 0 bridgehead atoms. The van der Waals surface area contributed by atoms with Gasteiger partial charge in [-0.3, -0.25) is 9.69 Å². The standard InChI is InChI=1S/C21H24N4O5/c1-21(2,3)30-20(27)24(17-9-7-16(8-10-17)23(4)5)13-12-18(26)15-6-11-19(22-14-15)25(28)29/h6-14H,1-5H3. The van der Waals surface area contributed by atoms with Crippen LogP contribution in [0.25, 0.3) is 0 Å². The van der Waals surface area contributed by atoms with E-state index in [0.29, 0.717) is 5.69 Å². The lowest BCUT2D eigenvalue weighted by Crippen LogP contribution is -2.33. The summed E-state index contributed by atoms with van der Waals surface area (Å²) in [5.41, 5.74) is 0.892. The van der Waals surface area contributed by atoms with Crippen LogP contribution in [-0.2, 0) is 4.74 Å². The molecule has 9 nitrogen and oxygen atoms in total. The first-order valence-electron chi connectivity index (χ1n) is 9.10. The lowest BCUT2D eigenvalue weighted by Gasteiger charge is -2.25. The molecule has 1 amide bonds. The van der Waals surface area contributed by atoms with Gasteiger partial charge in [-0.15, -0.1) is 0 Å². The molecule has 0 unspecified atom stereocenters. The highest BCUT2D eigenvalue weighted by Gasteiger charge is 2.22. The molecule has 2 aromatic rings. The average Bonchev–Trinajstić information content (AvgIpc) is 2.67. The van der Waals surface area contributed by atoms with Crippen LogP contribution < -0.4 is 9.80 Å². The fourth-order valence-electron chi connectivity index (χ4n) is 2.35. The quantitative estimate of drug-likeness (QED) is 0.303. The molecule has 0 radical (unpaired) electrons. The van der Waals surface area contributed by atoms with Crippen molar-refractivity contribution in [1.29, 1.82) is 0 Å². The first-order chi connectivity index (χ1) is 14.0. The first-order valence-corrected chi connectivity index (χ1v) is 9.10. The highest BCUT2D eigenvalue weighted by molar-refractivity contribution is 6.05. The van der Waals surface area contributed by atoms with Crippen molar-refractivity contribution in [3.05, 3.63) is 70.5 Å². The summed E-state index contributed by atoms with van der Waals surface area (Å²) < 4.78 is 5.44. The second kappa shape index (κ2) is 9.17. The Labute approximate surface area is 174 Å². The Bertz CT molecular complexity index is 945. The SMILES string of the molecule is CN(C)c1ccc(N(C=CC(=O)c2ccc([N+](=O)[O-])nc2)C(=O)OC(C)(C)C)cc1. The van der Waals surface area contributed by atoms with Crippen LogP contribution in [0.15, 0.2) is 54.9 Å². The van der Waals surface area contributed by atoms with Crippen molar-refractivity contribution in [3.8, 4) is 0 Å². The molecular formula is C21H24N4O5. The highest BCUT2D eigenvalue weighted by atomic mass is 16.6. The van der Waals surface area contributed by atoms with E-state index in [4.69, 9.17) is 4.74 Å². The number of anilines is 2. The van der Waals surface area contributed by atoms with E-state index in [2.05, 4.69) is 4.98 Å². The molecule has 0 aliphatic carbocycles. The van der Waals surface area contributed by atoms with E-state index in [1.54, 1.807) is 32.9 Å². The Balaban J connectivity index is 2.30. The number of hydrogen-bond donors (Lipinski definition) is 0. The Morgan fingerprint density at radius 2 is 1.67 bits per heavy atom.